The van der Waals surface area contributed by atoms with Crippen LogP contribution < -0.4 is 5.14 Å². The van der Waals surface area contributed by atoms with E-state index in [1.54, 1.807) is 0 Å². The molecule has 9 heteroatoms. The second-order valence-corrected chi connectivity index (χ2v) is 6.14. The lowest BCUT2D eigenvalue weighted by Crippen LogP contribution is -2.17. The van der Waals surface area contributed by atoms with Gasteiger partial charge in [-0.3, -0.25) is 10.1 Å². The zero-order valence-electron chi connectivity index (χ0n) is 9.07. The van der Waals surface area contributed by atoms with Crippen molar-refractivity contribution in [2.24, 2.45) is 5.14 Å². The molecule has 0 amide bonds. The summed E-state index contributed by atoms with van der Waals surface area (Å²) in [6, 6.07) is 5.67. The van der Waals surface area contributed by atoms with Crippen molar-refractivity contribution >= 4 is 27.5 Å². The lowest BCUT2D eigenvalue weighted by molar-refractivity contribution is -0.384. The summed E-state index contributed by atoms with van der Waals surface area (Å²) < 4.78 is 21.5. The summed E-state index contributed by atoms with van der Waals surface area (Å²) >= 11 is 1.11. The Morgan fingerprint density at radius 3 is 2.67 bits per heavy atom. The summed E-state index contributed by atoms with van der Waals surface area (Å²) in [6.07, 6.45) is 0. The van der Waals surface area contributed by atoms with Crippen LogP contribution in [0.4, 0.5) is 5.69 Å². The molecule has 0 heterocycles. The average molecular weight is 287 g/mol. The number of benzene rings is 1. The molecule has 96 valence electrons. The van der Waals surface area contributed by atoms with Gasteiger partial charge in [-0.25, -0.2) is 13.6 Å². The molecule has 0 aliphatic carbocycles. The first-order valence-corrected chi connectivity index (χ1v) is 7.35. The topological polar surface area (TPSA) is 127 Å². The molecule has 1 rings (SSSR count). The van der Waals surface area contributed by atoms with Crippen LogP contribution in [0.15, 0.2) is 23.1 Å². The van der Waals surface area contributed by atoms with Crippen molar-refractivity contribution < 1.29 is 13.3 Å². The van der Waals surface area contributed by atoms with Crippen LogP contribution in [0.1, 0.15) is 5.56 Å². The smallest absolute Gasteiger partial charge is 0.258 e. The van der Waals surface area contributed by atoms with Gasteiger partial charge in [0.05, 0.1) is 16.2 Å². The first kappa shape index (κ1) is 14.4. The van der Waals surface area contributed by atoms with Gasteiger partial charge < -0.3 is 0 Å². The highest BCUT2D eigenvalue weighted by Crippen LogP contribution is 2.26. The standard InChI is InChI=1S/C9H9N3O4S2/c10-6-7-5-8(12(13)14)1-2-9(7)17-3-4-18(11,15)16/h1-2,5H,3-4H2,(H2,11,15,16). The predicted molar refractivity (Wildman–Crippen MR) is 66.5 cm³/mol. The molecule has 0 fully saturated rings. The van der Waals surface area contributed by atoms with Gasteiger partial charge in [0.2, 0.25) is 10.0 Å². The predicted octanol–water partition coefficient (Wildman–Crippen LogP) is 0.847. The van der Waals surface area contributed by atoms with E-state index in [-0.39, 0.29) is 22.8 Å². The molecule has 18 heavy (non-hydrogen) atoms. The fraction of sp³-hybridized carbons (Fsp3) is 0.222. The van der Waals surface area contributed by atoms with Crippen LogP contribution in [0.25, 0.3) is 0 Å². The Morgan fingerprint density at radius 2 is 2.17 bits per heavy atom. The van der Waals surface area contributed by atoms with E-state index in [9.17, 15) is 18.5 Å². The van der Waals surface area contributed by atoms with Gasteiger partial charge in [0.1, 0.15) is 6.07 Å². The van der Waals surface area contributed by atoms with E-state index in [1.807, 2.05) is 6.07 Å². The van der Waals surface area contributed by atoms with Gasteiger partial charge in [-0.05, 0) is 6.07 Å². The first-order valence-electron chi connectivity index (χ1n) is 4.65. The van der Waals surface area contributed by atoms with Gasteiger partial charge in [-0.15, -0.1) is 11.8 Å². The number of nitro groups is 1. The maximum absolute atomic E-state index is 10.7. The molecule has 0 aromatic heterocycles. The lowest BCUT2D eigenvalue weighted by atomic mass is 10.2. The minimum atomic E-state index is -3.55. The van der Waals surface area contributed by atoms with Crippen LogP contribution in [-0.2, 0) is 10.0 Å². The molecule has 1 aromatic carbocycles. The normalized spacial score (nSPS) is 10.9. The number of primary sulfonamides is 1. The number of nitrogens with two attached hydrogens (primary N) is 1. The van der Waals surface area contributed by atoms with Crippen LogP contribution in [0, 0.1) is 21.4 Å². The summed E-state index contributed by atoms with van der Waals surface area (Å²) in [5, 5.41) is 24.2. The molecule has 2 N–H and O–H groups in total. The minimum absolute atomic E-state index is 0.142. The molecule has 0 radical (unpaired) electrons. The third-order valence-corrected chi connectivity index (χ3v) is 4.03. The number of hydrogen-bond acceptors (Lipinski definition) is 6. The van der Waals surface area contributed by atoms with Gasteiger partial charge in [-0.1, -0.05) is 0 Å². The van der Waals surface area contributed by atoms with Crippen LogP contribution >= 0.6 is 11.8 Å². The highest BCUT2D eigenvalue weighted by molar-refractivity contribution is 8.00. The Bertz CT molecular complexity index is 607. The van der Waals surface area contributed by atoms with E-state index in [1.165, 1.54) is 12.1 Å². The molecule has 0 unspecified atom stereocenters. The Labute approximate surface area is 108 Å². The van der Waals surface area contributed by atoms with Gasteiger partial charge in [-0.2, -0.15) is 5.26 Å². The number of non-ortho nitro benzene ring substituents is 1. The summed E-state index contributed by atoms with van der Waals surface area (Å²) in [6.45, 7) is 0. The summed E-state index contributed by atoms with van der Waals surface area (Å²) in [7, 11) is -3.55. The zero-order chi connectivity index (χ0) is 13.8. The fourth-order valence-corrected chi connectivity index (χ4v) is 3.02. The van der Waals surface area contributed by atoms with Gasteiger partial charge >= 0.3 is 0 Å². The van der Waals surface area contributed by atoms with Crippen molar-refractivity contribution in [3.63, 3.8) is 0 Å². The number of nitriles is 1. The average Bonchev–Trinajstić information content (AvgIpc) is 2.27. The maximum atomic E-state index is 10.7. The molecule has 0 aliphatic rings. The number of hydrogen-bond donors (Lipinski definition) is 1. The quantitative estimate of drug-likeness (QED) is 0.485. The second kappa shape index (κ2) is 5.81. The van der Waals surface area contributed by atoms with E-state index >= 15 is 0 Å². The number of nitro benzene ring substituents is 1. The molecular formula is C9H9N3O4S2. The molecule has 7 nitrogen and oxygen atoms in total. The molecule has 1 aromatic rings. The maximum Gasteiger partial charge on any atom is 0.270 e. The molecule has 0 atom stereocenters. The van der Waals surface area contributed by atoms with Crippen molar-refractivity contribution in [2.45, 2.75) is 4.90 Å². The molecule has 0 bridgehead atoms. The van der Waals surface area contributed by atoms with Crippen molar-refractivity contribution in [3.05, 3.63) is 33.9 Å². The molecule has 0 spiro atoms. The monoisotopic (exact) mass is 287 g/mol. The van der Waals surface area contributed by atoms with Crippen molar-refractivity contribution in [1.82, 2.24) is 0 Å². The van der Waals surface area contributed by atoms with Crippen LogP contribution in [0.3, 0.4) is 0 Å². The van der Waals surface area contributed by atoms with Crippen molar-refractivity contribution in [1.29, 1.82) is 5.26 Å². The summed E-state index contributed by atoms with van der Waals surface area (Å²) in [5.74, 6) is -0.0369. The minimum Gasteiger partial charge on any atom is -0.258 e. The van der Waals surface area contributed by atoms with Crippen molar-refractivity contribution in [3.8, 4) is 6.07 Å². The number of thioether (sulfide) groups is 1. The molecular weight excluding hydrogens is 278 g/mol. The van der Waals surface area contributed by atoms with E-state index in [4.69, 9.17) is 10.4 Å². The Kier molecular flexibility index (Phi) is 4.66. The Morgan fingerprint density at radius 1 is 1.50 bits per heavy atom. The zero-order valence-corrected chi connectivity index (χ0v) is 10.7. The van der Waals surface area contributed by atoms with Gasteiger partial charge in [0, 0.05) is 22.8 Å². The van der Waals surface area contributed by atoms with Crippen LogP contribution in [0.2, 0.25) is 0 Å². The Balaban J connectivity index is 2.84. The number of sulfonamides is 1. The SMILES string of the molecule is N#Cc1cc([N+](=O)[O-])ccc1SCCS(N)(=O)=O. The summed E-state index contributed by atoms with van der Waals surface area (Å²) in [5.41, 5.74) is -0.0361. The van der Waals surface area contributed by atoms with E-state index in [0.29, 0.717) is 4.90 Å². The van der Waals surface area contributed by atoms with Gasteiger partial charge in [0.25, 0.3) is 5.69 Å². The molecule has 0 saturated carbocycles. The molecule has 0 aliphatic heterocycles. The van der Waals surface area contributed by atoms with Crippen molar-refractivity contribution in [2.75, 3.05) is 11.5 Å². The van der Waals surface area contributed by atoms with E-state index < -0.39 is 14.9 Å². The van der Waals surface area contributed by atoms with Crippen LogP contribution in [0.5, 0.6) is 0 Å². The fourth-order valence-electron chi connectivity index (χ4n) is 1.11. The van der Waals surface area contributed by atoms with E-state index in [0.717, 1.165) is 17.8 Å². The number of rotatable bonds is 5. The third kappa shape index (κ3) is 4.33. The van der Waals surface area contributed by atoms with E-state index in [2.05, 4.69) is 0 Å². The Hall–Kier alpha value is -1.63. The largest absolute Gasteiger partial charge is 0.270 e. The number of nitrogens with zero attached hydrogens (tertiary/aromatic N) is 2. The second-order valence-electron chi connectivity index (χ2n) is 3.26. The third-order valence-electron chi connectivity index (χ3n) is 1.92. The first-order chi connectivity index (χ1) is 8.33. The lowest BCUT2D eigenvalue weighted by Gasteiger charge is -2.03. The highest BCUT2D eigenvalue weighted by Gasteiger charge is 2.11. The molecule has 0 saturated heterocycles. The summed E-state index contributed by atoms with van der Waals surface area (Å²) in [4.78, 5) is 10.4. The van der Waals surface area contributed by atoms with Gasteiger partial charge in [0.15, 0.2) is 0 Å². The highest BCUT2D eigenvalue weighted by atomic mass is 32.2. The van der Waals surface area contributed by atoms with Crippen LogP contribution in [-0.4, -0.2) is 24.8 Å².